The molecule has 6 heteroatoms. The third kappa shape index (κ3) is 8.62. The minimum atomic E-state index is -1.05. The fourth-order valence-electron chi connectivity index (χ4n) is 1.21. The minimum Gasteiger partial charge on any atom is -0.480 e. The molecule has 0 aromatic heterocycles. The maximum absolute atomic E-state index is 10.5. The van der Waals surface area contributed by atoms with Crippen LogP contribution in [0.2, 0.25) is 0 Å². The molecule has 0 aromatic carbocycles. The highest BCUT2D eigenvalue weighted by molar-refractivity contribution is 5.85. The Morgan fingerprint density at radius 2 is 1.93 bits per heavy atom. The Morgan fingerprint density at radius 3 is 2.27 bits per heavy atom. The van der Waals surface area contributed by atoms with Gasteiger partial charge in [-0.3, -0.25) is 9.69 Å². The molecule has 5 N–H and O–H groups in total. The number of nitrogens with zero attached hydrogens (tertiary/aromatic N) is 1. The van der Waals surface area contributed by atoms with Gasteiger partial charge in [-0.25, -0.2) is 0 Å². The zero-order valence-electron chi connectivity index (χ0n) is 9.40. The zero-order valence-corrected chi connectivity index (χ0v) is 10.2. The number of carboxylic acid groups (broad SMARTS) is 1. The van der Waals surface area contributed by atoms with E-state index in [2.05, 4.69) is 6.92 Å². The summed E-state index contributed by atoms with van der Waals surface area (Å²) in [5, 5.41) is 8.65. The van der Waals surface area contributed by atoms with Gasteiger partial charge in [0.2, 0.25) is 0 Å². The molecule has 0 radical (unpaired) electrons. The average molecular weight is 240 g/mol. The largest absolute Gasteiger partial charge is 0.480 e. The third-order valence-electron chi connectivity index (χ3n) is 2.04. The van der Waals surface area contributed by atoms with Gasteiger partial charge >= 0.3 is 5.97 Å². The van der Waals surface area contributed by atoms with Crippen molar-refractivity contribution in [3.63, 3.8) is 0 Å². The van der Waals surface area contributed by atoms with Crippen LogP contribution in [0.4, 0.5) is 0 Å². The van der Waals surface area contributed by atoms with Crippen LogP contribution >= 0.6 is 12.4 Å². The summed E-state index contributed by atoms with van der Waals surface area (Å²) >= 11 is 0. The van der Waals surface area contributed by atoms with Gasteiger partial charge in [0, 0.05) is 6.54 Å². The lowest BCUT2D eigenvalue weighted by atomic mass is 10.2. The summed E-state index contributed by atoms with van der Waals surface area (Å²) in [5.41, 5.74) is 11.3. The van der Waals surface area contributed by atoms with E-state index >= 15 is 0 Å². The maximum atomic E-state index is 10.5. The van der Waals surface area contributed by atoms with Crippen LogP contribution in [-0.4, -0.2) is 34.9 Å². The predicted molar refractivity (Wildman–Crippen MR) is 62.8 cm³/mol. The summed E-state index contributed by atoms with van der Waals surface area (Å²) in [6.07, 6.45) is 3.08. The van der Waals surface area contributed by atoms with Crippen molar-refractivity contribution < 1.29 is 9.90 Å². The second kappa shape index (κ2) is 7.87. The van der Waals surface area contributed by atoms with Crippen molar-refractivity contribution in [3.8, 4) is 0 Å². The Bertz CT molecular complexity index is 183. The van der Waals surface area contributed by atoms with Crippen LogP contribution in [0.25, 0.3) is 0 Å². The van der Waals surface area contributed by atoms with E-state index in [9.17, 15) is 4.79 Å². The minimum absolute atomic E-state index is 0. The number of hydrogen-bond donors (Lipinski definition) is 3. The van der Waals surface area contributed by atoms with Gasteiger partial charge in [0.05, 0.1) is 6.54 Å². The molecule has 0 unspecified atom stereocenters. The molecule has 5 nitrogen and oxygen atoms in total. The standard InChI is InChI=1S/C9H21N3O2.ClH/c1-3-4-5-6-12(7-8(13)14)9(2,10)11;/h3-7,10-11H2,1-2H3,(H,13,14);1H. The normalized spacial score (nSPS) is 11.3. The molecule has 0 aliphatic rings. The van der Waals surface area contributed by atoms with Crippen LogP contribution in [0.15, 0.2) is 0 Å². The average Bonchev–Trinajstić information content (AvgIpc) is 2.00. The summed E-state index contributed by atoms with van der Waals surface area (Å²) < 4.78 is 0. The Morgan fingerprint density at radius 1 is 1.40 bits per heavy atom. The first-order valence-electron chi connectivity index (χ1n) is 4.92. The van der Waals surface area contributed by atoms with Crippen LogP contribution in [0.3, 0.4) is 0 Å². The lowest BCUT2D eigenvalue weighted by Gasteiger charge is -2.33. The molecule has 0 atom stereocenters. The summed E-state index contributed by atoms with van der Waals surface area (Å²) in [6, 6.07) is 0. The van der Waals surface area contributed by atoms with E-state index in [0.29, 0.717) is 6.54 Å². The molecule has 0 bridgehead atoms. The molecule has 0 saturated heterocycles. The van der Waals surface area contributed by atoms with Gasteiger partial charge in [0.15, 0.2) is 0 Å². The number of hydrogen-bond acceptors (Lipinski definition) is 4. The van der Waals surface area contributed by atoms with Crippen molar-refractivity contribution in [3.05, 3.63) is 0 Å². The molecule has 0 aliphatic heterocycles. The van der Waals surface area contributed by atoms with E-state index in [-0.39, 0.29) is 19.0 Å². The fraction of sp³-hybridized carbons (Fsp3) is 0.889. The highest BCUT2D eigenvalue weighted by atomic mass is 35.5. The van der Waals surface area contributed by atoms with E-state index in [4.69, 9.17) is 16.6 Å². The van der Waals surface area contributed by atoms with Crippen molar-refractivity contribution in [1.82, 2.24) is 4.90 Å². The zero-order chi connectivity index (χ0) is 11.2. The van der Waals surface area contributed by atoms with Crippen LogP contribution in [0, 0.1) is 0 Å². The van der Waals surface area contributed by atoms with E-state index in [0.717, 1.165) is 19.3 Å². The first-order chi connectivity index (χ1) is 6.38. The highest BCUT2D eigenvalue weighted by Crippen LogP contribution is 2.04. The van der Waals surface area contributed by atoms with Crippen molar-refractivity contribution in [2.75, 3.05) is 13.1 Å². The van der Waals surface area contributed by atoms with Gasteiger partial charge in [0.1, 0.15) is 5.79 Å². The fourth-order valence-corrected chi connectivity index (χ4v) is 1.21. The Labute approximate surface area is 97.2 Å². The van der Waals surface area contributed by atoms with Gasteiger partial charge < -0.3 is 16.6 Å². The SMILES string of the molecule is CCCCCN(CC(=O)O)C(C)(N)N.Cl. The summed E-state index contributed by atoms with van der Waals surface area (Å²) in [4.78, 5) is 12.1. The molecule has 0 heterocycles. The van der Waals surface area contributed by atoms with E-state index in [1.54, 1.807) is 11.8 Å². The highest BCUT2D eigenvalue weighted by Gasteiger charge is 2.23. The second-order valence-electron chi connectivity index (χ2n) is 3.75. The van der Waals surface area contributed by atoms with Gasteiger partial charge in [0.25, 0.3) is 0 Å². The van der Waals surface area contributed by atoms with E-state index in [1.165, 1.54) is 0 Å². The first-order valence-corrected chi connectivity index (χ1v) is 4.92. The number of nitrogens with two attached hydrogens (primary N) is 2. The molecule has 0 rings (SSSR count). The molecule has 0 amide bonds. The molecule has 0 saturated carbocycles. The van der Waals surface area contributed by atoms with Crippen LogP contribution in [-0.2, 0) is 4.79 Å². The van der Waals surface area contributed by atoms with Crippen molar-refractivity contribution in [1.29, 1.82) is 0 Å². The lowest BCUT2D eigenvalue weighted by molar-refractivity contribution is -0.140. The van der Waals surface area contributed by atoms with Gasteiger partial charge in [-0.1, -0.05) is 19.8 Å². The summed E-state index contributed by atoms with van der Waals surface area (Å²) in [5.74, 6) is -1.95. The first kappa shape index (κ1) is 17.0. The lowest BCUT2D eigenvalue weighted by Crippen LogP contribution is -2.62. The Balaban J connectivity index is 0. The summed E-state index contributed by atoms with van der Waals surface area (Å²) in [6.45, 7) is 4.23. The molecule has 0 spiro atoms. The van der Waals surface area contributed by atoms with Crippen LogP contribution in [0.5, 0.6) is 0 Å². The Hall–Kier alpha value is -0.360. The van der Waals surface area contributed by atoms with Gasteiger partial charge in [-0.05, 0) is 13.3 Å². The molecule has 0 aromatic rings. The quantitative estimate of drug-likeness (QED) is 0.446. The number of halogens is 1. The smallest absolute Gasteiger partial charge is 0.317 e. The van der Waals surface area contributed by atoms with Crippen molar-refractivity contribution >= 4 is 18.4 Å². The number of unbranched alkanes of at least 4 members (excludes halogenated alkanes) is 2. The number of aliphatic carboxylic acids is 1. The Kier molecular flexibility index (Phi) is 8.95. The molecule has 92 valence electrons. The number of carbonyl (C=O) groups is 1. The molecule has 15 heavy (non-hydrogen) atoms. The number of rotatable bonds is 7. The van der Waals surface area contributed by atoms with E-state index < -0.39 is 11.8 Å². The monoisotopic (exact) mass is 239 g/mol. The van der Waals surface area contributed by atoms with Crippen molar-refractivity contribution in [2.45, 2.75) is 38.9 Å². The van der Waals surface area contributed by atoms with Crippen molar-refractivity contribution in [2.24, 2.45) is 11.5 Å². The van der Waals surface area contributed by atoms with Gasteiger partial charge in [-0.2, -0.15) is 0 Å². The second-order valence-corrected chi connectivity index (χ2v) is 3.75. The predicted octanol–water partition coefficient (Wildman–Crippen LogP) is 0.576. The molecule has 0 aliphatic carbocycles. The van der Waals surface area contributed by atoms with Crippen LogP contribution < -0.4 is 11.5 Å². The summed E-state index contributed by atoms with van der Waals surface area (Å²) in [7, 11) is 0. The van der Waals surface area contributed by atoms with Crippen LogP contribution in [0.1, 0.15) is 33.1 Å². The maximum Gasteiger partial charge on any atom is 0.317 e. The molecular formula is C9H22ClN3O2. The van der Waals surface area contributed by atoms with Gasteiger partial charge in [-0.15, -0.1) is 12.4 Å². The number of carboxylic acids is 1. The molecule has 0 fully saturated rings. The molecular weight excluding hydrogens is 218 g/mol. The topological polar surface area (TPSA) is 92.6 Å². The van der Waals surface area contributed by atoms with E-state index in [1.807, 2.05) is 0 Å². The third-order valence-corrected chi connectivity index (χ3v) is 2.04.